The van der Waals surface area contributed by atoms with Gasteiger partial charge in [-0.05, 0) is 38.9 Å². The molecule has 14 heavy (non-hydrogen) atoms. The summed E-state index contributed by atoms with van der Waals surface area (Å²) in [6.07, 6.45) is 2.33. The first kappa shape index (κ1) is 11.1. The predicted octanol–water partition coefficient (Wildman–Crippen LogP) is 1.50. The van der Waals surface area contributed by atoms with Crippen molar-refractivity contribution in [1.82, 2.24) is 10.3 Å². The average Bonchev–Trinajstić information content (AvgIpc) is 2.18. The molecule has 3 nitrogen and oxygen atoms in total. The van der Waals surface area contributed by atoms with Crippen LogP contribution in [-0.2, 0) is 0 Å². The summed E-state index contributed by atoms with van der Waals surface area (Å²) < 4.78 is 0. The van der Waals surface area contributed by atoms with Crippen molar-refractivity contribution >= 4 is 0 Å². The van der Waals surface area contributed by atoms with Gasteiger partial charge in [-0.15, -0.1) is 0 Å². The van der Waals surface area contributed by atoms with Gasteiger partial charge in [-0.3, -0.25) is 4.98 Å². The largest absolute Gasteiger partial charge is 0.393 e. The van der Waals surface area contributed by atoms with Gasteiger partial charge in [-0.1, -0.05) is 6.07 Å². The summed E-state index contributed by atoms with van der Waals surface area (Å²) in [4.78, 5) is 4.25. The molecule has 0 aliphatic heterocycles. The van der Waals surface area contributed by atoms with E-state index in [-0.39, 0.29) is 12.1 Å². The fourth-order valence-corrected chi connectivity index (χ4v) is 1.25. The van der Waals surface area contributed by atoms with Crippen LogP contribution in [0.25, 0.3) is 0 Å². The van der Waals surface area contributed by atoms with E-state index in [0.29, 0.717) is 0 Å². The fraction of sp³-hybridized carbons (Fsp3) is 0.545. The highest BCUT2D eigenvalue weighted by Gasteiger charge is 2.04. The summed E-state index contributed by atoms with van der Waals surface area (Å²) in [5.41, 5.74) is 1.04. The number of nitrogens with zero attached hydrogens (tertiary/aromatic N) is 1. The Morgan fingerprint density at radius 3 is 2.79 bits per heavy atom. The predicted molar refractivity (Wildman–Crippen MR) is 57.0 cm³/mol. The molecule has 1 unspecified atom stereocenters. The quantitative estimate of drug-likeness (QED) is 0.746. The van der Waals surface area contributed by atoms with Crippen LogP contribution in [0.2, 0.25) is 0 Å². The van der Waals surface area contributed by atoms with Gasteiger partial charge in [0.1, 0.15) is 0 Å². The van der Waals surface area contributed by atoms with E-state index in [1.54, 1.807) is 13.1 Å². The Morgan fingerprint density at radius 2 is 2.21 bits per heavy atom. The van der Waals surface area contributed by atoms with Crippen LogP contribution in [0.5, 0.6) is 0 Å². The molecule has 0 radical (unpaired) electrons. The first-order valence-electron chi connectivity index (χ1n) is 5.02. The zero-order chi connectivity index (χ0) is 10.4. The second-order valence-electron chi connectivity index (χ2n) is 3.57. The van der Waals surface area contributed by atoms with Crippen LogP contribution in [0, 0.1) is 0 Å². The minimum absolute atomic E-state index is 0.238. The SMILES string of the molecule is CC(O)CCN[C@H](C)c1ccccn1. The number of aromatic nitrogens is 1. The molecule has 0 saturated heterocycles. The van der Waals surface area contributed by atoms with Gasteiger partial charge >= 0.3 is 0 Å². The van der Waals surface area contributed by atoms with Gasteiger partial charge in [-0.25, -0.2) is 0 Å². The van der Waals surface area contributed by atoms with Gasteiger partial charge in [0.2, 0.25) is 0 Å². The molecule has 3 heteroatoms. The van der Waals surface area contributed by atoms with E-state index in [1.165, 1.54) is 0 Å². The van der Waals surface area contributed by atoms with Crippen LogP contribution in [0.15, 0.2) is 24.4 Å². The van der Waals surface area contributed by atoms with Crippen molar-refractivity contribution < 1.29 is 5.11 Å². The number of aliphatic hydroxyl groups is 1. The lowest BCUT2D eigenvalue weighted by Crippen LogP contribution is -2.23. The van der Waals surface area contributed by atoms with Crippen molar-refractivity contribution in [3.05, 3.63) is 30.1 Å². The third kappa shape index (κ3) is 3.85. The second-order valence-corrected chi connectivity index (χ2v) is 3.57. The topological polar surface area (TPSA) is 45.1 Å². The lowest BCUT2D eigenvalue weighted by Gasteiger charge is -2.13. The van der Waals surface area contributed by atoms with E-state index in [4.69, 9.17) is 5.11 Å². The minimum atomic E-state index is -0.238. The molecule has 0 aliphatic rings. The maximum atomic E-state index is 9.08. The number of pyridine rings is 1. The Labute approximate surface area is 85.2 Å². The van der Waals surface area contributed by atoms with Crippen molar-refractivity contribution in [2.75, 3.05) is 6.54 Å². The van der Waals surface area contributed by atoms with Gasteiger partial charge in [0.05, 0.1) is 11.8 Å². The van der Waals surface area contributed by atoms with E-state index in [1.807, 2.05) is 18.2 Å². The molecular weight excluding hydrogens is 176 g/mol. The highest BCUT2D eigenvalue weighted by molar-refractivity contribution is 5.07. The molecule has 0 aliphatic carbocycles. The number of rotatable bonds is 5. The monoisotopic (exact) mass is 194 g/mol. The van der Waals surface area contributed by atoms with Crippen molar-refractivity contribution in [3.8, 4) is 0 Å². The number of hydrogen-bond donors (Lipinski definition) is 2. The third-order valence-electron chi connectivity index (χ3n) is 2.14. The molecule has 1 aromatic heterocycles. The van der Waals surface area contributed by atoms with Crippen molar-refractivity contribution in [2.24, 2.45) is 0 Å². The summed E-state index contributed by atoms with van der Waals surface area (Å²) in [6.45, 7) is 4.69. The molecule has 0 spiro atoms. The van der Waals surface area contributed by atoms with E-state index >= 15 is 0 Å². The van der Waals surface area contributed by atoms with Gasteiger partial charge in [-0.2, -0.15) is 0 Å². The maximum Gasteiger partial charge on any atom is 0.0570 e. The smallest absolute Gasteiger partial charge is 0.0570 e. The molecule has 2 N–H and O–H groups in total. The average molecular weight is 194 g/mol. The molecule has 0 fully saturated rings. The standard InChI is InChI=1S/C11H18N2O/c1-9(14)6-8-12-10(2)11-5-3-4-7-13-11/h3-5,7,9-10,12,14H,6,8H2,1-2H3/t9?,10-/m1/s1. The lowest BCUT2D eigenvalue weighted by atomic mass is 10.2. The van der Waals surface area contributed by atoms with Crippen molar-refractivity contribution in [3.63, 3.8) is 0 Å². The first-order chi connectivity index (χ1) is 6.70. The Kier molecular flexibility index (Phi) is 4.56. The molecule has 1 heterocycles. The summed E-state index contributed by atoms with van der Waals surface area (Å²) in [7, 11) is 0. The summed E-state index contributed by atoms with van der Waals surface area (Å²) in [6, 6.07) is 6.14. The zero-order valence-corrected chi connectivity index (χ0v) is 8.77. The number of nitrogens with one attached hydrogen (secondary N) is 1. The Balaban J connectivity index is 2.32. The molecule has 0 amide bonds. The lowest BCUT2D eigenvalue weighted by molar-refractivity contribution is 0.182. The Bertz CT molecular complexity index is 249. The molecule has 0 saturated carbocycles. The summed E-state index contributed by atoms with van der Waals surface area (Å²) >= 11 is 0. The minimum Gasteiger partial charge on any atom is -0.393 e. The highest BCUT2D eigenvalue weighted by atomic mass is 16.3. The normalized spacial score (nSPS) is 15.1. The Morgan fingerprint density at radius 1 is 1.43 bits per heavy atom. The van der Waals surface area contributed by atoms with Gasteiger partial charge in [0.15, 0.2) is 0 Å². The Hall–Kier alpha value is -0.930. The molecule has 2 atom stereocenters. The van der Waals surface area contributed by atoms with E-state index < -0.39 is 0 Å². The molecular formula is C11H18N2O. The number of hydrogen-bond acceptors (Lipinski definition) is 3. The highest BCUT2D eigenvalue weighted by Crippen LogP contribution is 2.07. The van der Waals surface area contributed by atoms with Gasteiger partial charge in [0.25, 0.3) is 0 Å². The van der Waals surface area contributed by atoms with E-state index in [2.05, 4.69) is 17.2 Å². The number of aliphatic hydroxyl groups excluding tert-OH is 1. The fourth-order valence-electron chi connectivity index (χ4n) is 1.25. The molecule has 0 bridgehead atoms. The van der Waals surface area contributed by atoms with E-state index in [9.17, 15) is 0 Å². The molecule has 0 aromatic carbocycles. The van der Waals surface area contributed by atoms with Crippen molar-refractivity contribution in [1.29, 1.82) is 0 Å². The van der Waals surface area contributed by atoms with Gasteiger partial charge < -0.3 is 10.4 Å². The molecule has 78 valence electrons. The van der Waals surface area contributed by atoms with Crippen LogP contribution in [-0.4, -0.2) is 22.7 Å². The van der Waals surface area contributed by atoms with Crippen LogP contribution in [0.1, 0.15) is 32.0 Å². The summed E-state index contributed by atoms with van der Waals surface area (Å²) in [5, 5.41) is 12.4. The van der Waals surface area contributed by atoms with Crippen molar-refractivity contribution in [2.45, 2.75) is 32.4 Å². The summed E-state index contributed by atoms with van der Waals surface area (Å²) in [5.74, 6) is 0. The van der Waals surface area contributed by atoms with Crippen LogP contribution in [0.4, 0.5) is 0 Å². The zero-order valence-electron chi connectivity index (χ0n) is 8.77. The van der Waals surface area contributed by atoms with Crippen LogP contribution >= 0.6 is 0 Å². The maximum absolute atomic E-state index is 9.08. The molecule has 1 aromatic rings. The third-order valence-corrected chi connectivity index (χ3v) is 2.14. The van der Waals surface area contributed by atoms with Crippen LogP contribution in [0.3, 0.4) is 0 Å². The second kappa shape index (κ2) is 5.73. The first-order valence-corrected chi connectivity index (χ1v) is 5.02. The van der Waals surface area contributed by atoms with Gasteiger partial charge in [0, 0.05) is 12.2 Å². The van der Waals surface area contributed by atoms with E-state index in [0.717, 1.165) is 18.7 Å². The molecule has 1 rings (SSSR count). The van der Waals surface area contributed by atoms with Crippen LogP contribution < -0.4 is 5.32 Å².